The molecule has 9 heteroatoms. The van der Waals surface area contributed by atoms with Gasteiger partial charge in [-0.25, -0.2) is 8.42 Å². The topological polar surface area (TPSA) is 137 Å². The van der Waals surface area contributed by atoms with Gasteiger partial charge in [-0.2, -0.15) is 4.72 Å². The fraction of sp³-hybridized carbons (Fsp3) is 0.250. The molecule has 94 valence electrons. The summed E-state index contributed by atoms with van der Waals surface area (Å²) < 4.78 is 25.0. The van der Waals surface area contributed by atoms with Gasteiger partial charge in [-0.1, -0.05) is 0 Å². The molecule has 1 aromatic rings. The van der Waals surface area contributed by atoms with Crippen molar-refractivity contribution in [3.8, 4) is 0 Å². The molecule has 0 aliphatic heterocycles. The lowest BCUT2D eigenvalue weighted by Crippen LogP contribution is -2.42. The Hall–Kier alpha value is -1.87. The van der Waals surface area contributed by atoms with Crippen molar-refractivity contribution in [2.75, 3.05) is 0 Å². The minimum Gasteiger partial charge on any atom is -0.481 e. The van der Waals surface area contributed by atoms with E-state index < -0.39 is 34.4 Å². The molecule has 0 radical (unpaired) electrons. The molecule has 0 aliphatic rings. The normalized spacial score (nSPS) is 13.2. The quantitative estimate of drug-likeness (QED) is 0.531. The van der Waals surface area contributed by atoms with E-state index in [4.69, 9.17) is 10.2 Å². The first-order chi connectivity index (χ1) is 7.83. The molecule has 1 heterocycles. The first kappa shape index (κ1) is 13.2. The molecule has 0 fully saturated rings. The summed E-state index contributed by atoms with van der Waals surface area (Å²) in [6, 6.07) is -0.477. The van der Waals surface area contributed by atoms with Crippen molar-refractivity contribution in [1.82, 2.24) is 9.71 Å². The van der Waals surface area contributed by atoms with Crippen LogP contribution in [-0.4, -0.2) is 41.6 Å². The van der Waals surface area contributed by atoms with E-state index in [2.05, 4.69) is 4.98 Å². The molecule has 0 bridgehead atoms. The first-order valence-corrected chi connectivity index (χ1v) is 5.91. The summed E-state index contributed by atoms with van der Waals surface area (Å²) in [5.41, 5.74) is 0. The van der Waals surface area contributed by atoms with Crippen LogP contribution in [-0.2, 0) is 19.6 Å². The van der Waals surface area contributed by atoms with Gasteiger partial charge in [0.2, 0.25) is 10.0 Å². The van der Waals surface area contributed by atoms with Crippen LogP contribution in [0, 0.1) is 0 Å². The Morgan fingerprint density at radius 3 is 2.47 bits per heavy atom. The zero-order valence-electron chi connectivity index (χ0n) is 8.45. The molecule has 1 rings (SSSR count). The van der Waals surface area contributed by atoms with Crippen LogP contribution < -0.4 is 4.72 Å². The third-order valence-electron chi connectivity index (χ3n) is 1.85. The van der Waals surface area contributed by atoms with E-state index in [-0.39, 0.29) is 4.90 Å². The minimum absolute atomic E-state index is 0.158. The molecule has 1 atom stereocenters. The summed E-state index contributed by atoms with van der Waals surface area (Å²) in [6.45, 7) is 0. The number of carboxylic acid groups (broad SMARTS) is 2. The van der Waals surface area contributed by atoms with Crippen LogP contribution in [0.2, 0.25) is 0 Å². The van der Waals surface area contributed by atoms with Gasteiger partial charge in [0.25, 0.3) is 0 Å². The molecule has 0 saturated carbocycles. The van der Waals surface area contributed by atoms with Crippen molar-refractivity contribution in [1.29, 1.82) is 0 Å². The number of hydrogen-bond acceptors (Lipinski definition) is 4. The van der Waals surface area contributed by atoms with Crippen LogP contribution in [0.15, 0.2) is 23.4 Å². The summed E-state index contributed by atoms with van der Waals surface area (Å²) in [5, 5.41) is 17.1. The monoisotopic (exact) mass is 262 g/mol. The predicted molar refractivity (Wildman–Crippen MR) is 54.8 cm³/mol. The van der Waals surface area contributed by atoms with Crippen molar-refractivity contribution >= 4 is 22.0 Å². The number of H-pyrrole nitrogens is 1. The maximum atomic E-state index is 11.6. The van der Waals surface area contributed by atoms with Crippen LogP contribution in [0.5, 0.6) is 0 Å². The zero-order valence-corrected chi connectivity index (χ0v) is 9.27. The molecule has 0 amide bonds. The third kappa shape index (κ3) is 3.57. The van der Waals surface area contributed by atoms with Crippen LogP contribution in [0.25, 0.3) is 0 Å². The lowest BCUT2D eigenvalue weighted by Gasteiger charge is -2.11. The Morgan fingerprint density at radius 2 is 2.06 bits per heavy atom. The van der Waals surface area contributed by atoms with Crippen molar-refractivity contribution in [2.24, 2.45) is 0 Å². The molecule has 0 aromatic carbocycles. The Bertz CT molecular complexity index is 506. The second-order valence-electron chi connectivity index (χ2n) is 3.16. The number of nitrogens with one attached hydrogen (secondary N) is 2. The average molecular weight is 262 g/mol. The Balaban J connectivity index is 2.87. The molecule has 4 N–H and O–H groups in total. The van der Waals surface area contributed by atoms with Gasteiger partial charge in [0.05, 0.1) is 11.3 Å². The summed E-state index contributed by atoms with van der Waals surface area (Å²) in [7, 11) is -4.03. The van der Waals surface area contributed by atoms with Crippen LogP contribution in [0.1, 0.15) is 6.42 Å². The summed E-state index contributed by atoms with van der Waals surface area (Å²) >= 11 is 0. The van der Waals surface area contributed by atoms with Crippen molar-refractivity contribution in [3.63, 3.8) is 0 Å². The van der Waals surface area contributed by atoms with Crippen LogP contribution in [0.4, 0.5) is 0 Å². The number of carbonyl (C=O) groups is 2. The lowest BCUT2D eigenvalue weighted by molar-refractivity contribution is -0.145. The molecule has 0 aliphatic carbocycles. The molecule has 0 saturated heterocycles. The van der Waals surface area contributed by atoms with E-state index in [1.165, 1.54) is 12.3 Å². The number of aromatic nitrogens is 1. The van der Waals surface area contributed by atoms with E-state index in [9.17, 15) is 18.0 Å². The number of aliphatic carboxylic acids is 2. The van der Waals surface area contributed by atoms with Gasteiger partial charge >= 0.3 is 11.9 Å². The number of rotatable bonds is 6. The second-order valence-corrected chi connectivity index (χ2v) is 4.87. The Labute approximate surface area is 96.3 Å². The Morgan fingerprint density at radius 1 is 1.41 bits per heavy atom. The molecule has 0 unspecified atom stereocenters. The highest BCUT2D eigenvalue weighted by molar-refractivity contribution is 7.89. The van der Waals surface area contributed by atoms with Gasteiger partial charge in [0, 0.05) is 12.4 Å². The van der Waals surface area contributed by atoms with Crippen molar-refractivity contribution in [3.05, 3.63) is 18.5 Å². The van der Waals surface area contributed by atoms with Gasteiger partial charge in [-0.15, -0.1) is 0 Å². The van der Waals surface area contributed by atoms with Crippen molar-refractivity contribution < 1.29 is 28.2 Å². The molecular formula is C8H10N2O6S. The SMILES string of the molecule is O=C(O)C[C@H](NS(=O)(=O)c1cc[nH]c1)C(=O)O. The van der Waals surface area contributed by atoms with E-state index in [0.717, 1.165) is 6.20 Å². The largest absolute Gasteiger partial charge is 0.481 e. The van der Waals surface area contributed by atoms with Crippen LogP contribution in [0.3, 0.4) is 0 Å². The predicted octanol–water partition coefficient (Wildman–Crippen LogP) is -0.779. The van der Waals surface area contributed by atoms with Gasteiger partial charge in [-0.05, 0) is 6.07 Å². The second kappa shape index (κ2) is 4.97. The average Bonchev–Trinajstić information content (AvgIpc) is 2.68. The van der Waals surface area contributed by atoms with E-state index in [1.54, 1.807) is 4.72 Å². The Kier molecular flexibility index (Phi) is 3.86. The van der Waals surface area contributed by atoms with Gasteiger partial charge in [0.15, 0.2) is 0 Å². The van der Waals surface area contributed by atoms with Gasteiger partial charge in [0.1, 0.15) is 6.04 Å². The highest BCUT2D eigenvalue weighted by Gasteiger charge is 2.27. The fourth-order valence-electron chi connectivity index (χ4n) is 1.09. The fourth-order valence-corrected chi connectivity index (χ4v) is 2.25. The standard InChI is InChI=1S/C8H10N2O6S/c11-7(12)3-6(8(13)14)10-17(15,16)5-1-2-9-4-5/h1-2,4,6,9-10H,3H2,(H,11,12)(H,13,14)/t6-/m0/s1. The minimum atomic E-state index is -4.03. The summed E-state index contributed by atoms with van der Waals surface area (Å²) in [5.74, 6) is -2.96. The molecule has 8 nitrogen and oxygen atoms in total. The number of sulfonamides is 1. The smallest absolute Gasteiger partial charge is 0.322 e. The zero-order chi connectivity index (χ0) is 13.1. The molecule has 17 heavy (non-hydrogen) atoms. The number of carboxylic acids is 2. The maximum Gasteiger partial charge on any atom is 0.322 e. The molecule has 1 aromatic heterocycles. The highest BCUT2D eigenvalue weighted by atomic mass is 32.2. The van der Waals surface area contributed by atoms with Crippen molar-refractivity contribution in [2.45, 2.75) is 17.4 Å². The maximum absolute atomic E-state index is 11.6. The van der Waals surface area contributed by atoms with Gasteiger partial charge in [-0.3, -0.25) is 9.59 Å². The van der Waals surface area contributed by atoms with Gasteiger partial charge < -0.3 is 15.2 Å². The third-order valence-corrected chi connectivity index (χ3v) is 3.32. The lowest BCUT2D eigenvalue weighted by atomic mass is 10.2. The number of aromatic amines is 1. The van der Waals surface area contributed by atoms with Crippen LogP contribution >= 0.6 is 0 Å². The summed E-state index contributed by atoms with van der Waals surface area (Å²) in [6.07, 6.45) is 1.67. The van der Waals surface area contributed by atoms with E-state index in [1.807, 2.05) is 0 Å². The summed E-state index contributed by atoms with van der Waals surface area (Å²) in [4.78, 5) is 23.4. The molecular weight excluding hydrogens is 252 g/mol. The molecule has 0 spiro atoms. The highest BCUT2D eigenvalue weighted by Crippen LogP contribution is 2.08. The van der Waals surface area contributed by atoms with E-state index in [0.29, 0.717) is 0 Å². The first-order valence-electron chi connectivity index (χ1n) is 4.42. The number of hydrogen-bond donors (Lipinski definition) is 4. The van der Waals surface area contributed by atoms with E-state index >= 15 is 0 Å².